The van der Waals surface area contributed by atoms with E-state index in [1.54, 1.807) is 0 Å². The summed E-state index contributed by atoms with van der Waals surface area (Å²) < 4.78 is 10.8. The van der Waals surface area contributed by atoms with Crippen LogP contribution in [0.5, 0.6) is 0 Å². The van der Waals surface area contributed by atoms with E-state index in [0.717, 1.165) is 30.7 Å². The summed E-state index contributed by atoms with van der Waals surface area (Å²) in [4.78, 5) is 4.39. The average molecular weight is 275 g/mol. The number of ether oxygens (including phenoxy) is 1. The molecule has 6 heteroatoms. The van der Waals surface area contributed by atoms with E-state index in [1.807, 2.05) is 24.3 Å². The van der Waals surface area contributed by atoms with Gasteiger partial charge < -0.3 is 19.7 Å². The smallest absolute Gasteiger partial charge is 0.258 e. The topological polar surface area (TPSA) is 80.4 Å². The van der Waals surface area contributed by atoms with Gasteiger partial charge in [0, 0.05) is 24.4 Å². The van der Waals surface area contributed by atoms with E-state index < -0.39 is 0 Å². The number of aromatic nitrogens is 2. The number of aliphatic hydroxyl groups is 1. The van der Waals surface area contributed by atoms with Gasteiger partial charge in [0.2, 0.25) is 5.82 Å². The normalized spacial score (nSPS) is 18.4. The maximum absolute atomic E-state index is 8.76. The zero-order chi connectivity index (χ0) is 13.8. The van der Waals surface area contributed by atoms with Crippen LogP contribution in [-0.4, -0.2) is 35.0 Å². The van der Waals surface area contributed by atoms with Crippen LogP contribution in [-0.2, 0) is 4.74 Å². The molecule has 0 saturated carbocycles. The second-order valence-electron chi connectivity index (χ2n) is 4.69. The van der Waals surface area contributed by atoms with E-state index in [1.165, 1.54) is 0 Å². The number of hydrogen-bond donors (Lipinski definition) is 2. The summed E-state index contributed by atoms with van der Waals surface area (Å²) in [5, 5.41) is 15.8. The Labute approximate surface area is 116 Å². The fraction of sp³-hybridized carbons (Fsp3) is 0.429. The van der Waals surface area contributed by atoms with Crippen molar-refractivity contribution in [2.75, 3.05) is 25.1 Å². The van der Waals surface area contributed by atoms with E-state index in [4.69, 9.17) is 14.4 Å². The zero-order valence-corrected chi connectivity index (χ0v) is 11.1. The van der Waals surface area contributed by atoms with Crippen molar-refractivity contribution >= 4 is 5.69 Å². The van der Waals surface area contributed by atoms with E-state index >= 15 is 0 Å². The lowest BCUT2D eigenvalue weighted by Crippen LogP contribution is -2.04. The van der Waals surface area contributed by atoms with Gasteiger partial charge in [0.05, 0.1) is 6.61 Å². The second kappa shape index (κ2) is 6.02. The molecule has 1 aromatic heterocycles. The standard InChI is InChI=1S/C14H17N3O3/c18-8-7-15-11-5-3-10(4-6-11)14-16-13(17-20-14)12-2-1-9-19-12/h3-6,12,15,18H,1-2,7-9H2. The molecule has 0 aliphatic carbocycles. The Morgan fingerprint density at radius 2 is 2.15 bits per heavy atom. The Morgan fingerprint density at radius 3 is 2.85 bits per heavy atom. The molecular weight excluding hydrogens is 258 g/mol. The van der Waals surface area contributed by atoms with Crippen LogP contribution in [0.2, 0.25) is 0 Å². The first-order valence-corrected chi connectivity index (χ1v) is 6.77. The maximum Gasteiger partial charge on any atom is 0.258 e. The first-order chi connectivity index (χ1) is 9.86. The zero-order valence-electron chi connectivity index (χ0n) is 11.1. The van der Waals surface area contributed by atoms with Crippen LogP contribution in [0.25, 0.3) is 11.5 Å². The maximum atomic E-state index is 8.76. The molecule has 20 heavy (non-hydrogen) atoms. The van der Waals surface area contributed by atoms with Crippen molar-refractivity contribution in [1.82, 2.24) is 10.1 Å². The third-order valence-corrected chi connectivity index (χ3v) is 3.23. The number of benzene rings is 1. The highest BCUT2D eigenvalue weighted by molar-refractivity contribution is 5.58. The number of aliphatic hydroxyl groups excluding tert-OH is 1. The highest BCUT2D eigenvalue weighted by Crippen LogP contribution is 2.28. The minimum Gasteiger partial charge on any atom is -0.395 e. The van der Waals surface area contributed by atoms with Crippen LogP contribution in [0.1, 0.15) is 24.8 Å². The Kier molecular flexibility index (Phi) is 3.94. The largest absolute Gasteiger partial charge is 0.395 e. The van der Waals surface area contributed by atoms with Gasteiger partial charge in [-0.05, 0) is 37.1 Å². The Morgan fingerprint density at radius 1 is 1.30 bits per heavy atom. The molecule has 1 saturated heterocycles. The lowest BCUT2D eigenvalue weighted by molar-refractivity contribution is 0.103. The highest BCUT2D eigenvalue weighted by Gasteiger charge is 2.23. The molecule has 1 aromatic carbocycles. The van der Waals surface area contributed by atoms with E-state index in [2.05, 4.69) is 15.5 Å². The minimum absolute atomic E-state index is 0.0296. The van der Waals surface area contributed by atoms with Crippen molar-refractivity contribution in [2.24, 2.45) is 0 Å². The predicted molar refractivity (Wildman–Crippen MR) is 73.2 cm³/mol. The minimum atomic E-state index is -0.0296. The summed E-state index contributed by atoms with van der Waals surface area (Å²) in [5.41, 5.74) is 1.82. The molecule has 0 amide bonds. The lowest BCUT2D eigenvalue weighted by atomic mass is 10.2. The molecule has 3 rings (SSSR count). The summed E-state index contributed by atoms with van der Waals surface area (Å²) in [6, 6.07) is 7.65. The molecule has 106 valence electrons. The van der Waals surface area contributed by atoms with Crippen molar-refractivity contribution in [3.05, 3.63) is 30.1 Å². The summed E-state index contributed by atoms with van der Waals surface area (Å²) in [7, 11) is 0. The quantitative estimate of drug-likeness (QED) is 0.868. The van der Waals surface area contributed by atoms with Gasteiger partial charge >= 0.3 is 0 Å². The predicted octanol–water partition coefficient (Wildman–Crippen LogP) is 1.99. The molecule has 0 bridgehead atoms. The monoisotopic (exact) mass is 275 g/mol. The SMILES string of the molecule is OCCNc1ccc(-c2nc(C3CCCO3)no2)cc1. The van der Waals surface area contributed by atoms with Crippen LogP contribution in [0.15, 0.2) is 28.8 Å². The molecule has 6 nitrogen and oxygen atoms in total. The third-order valence-electron chi connectivity index (χ3n) is 3.23. The van der Waals surface area contributed by atoms with E-state index in [0.29, 0.717) is 18.3 Å². The molecule has 1 aliphatic rings. The number of nitrogens with one attached hydrogen (secondary N) is 1. The molecule has 1 atom stereocenters. The molecule has 1 fully saturated rings. The van der Waals surface area contributed by atoms with Crippen LogP contribution in [0.4, 0.5) is 5.69 Å². The summed E-state index contributed by atoms with van der Waals surface area (Å²) in [6.45, 7) is 1.40. The van der Waals surface area contributed by atoms with Gasteiger partial charge in [0.1, 0.15) is 6.10 Å². The second-order valence-corrected chi connectivity index (χ2v) is 4.69. The van der Waals surface area contributed by atoms with Crippen molar-refractivity contribution in [1.29, 1.82) is 0 Å². The fourth-order valence-electron chi connectivity index (χ4n) is 2.20. The molecule has 0 spiro atoms. The number of nitrogens with zero attached hydrogens (tertiary/aromatic N) is 2. The molecule has 2 heterocycles. The van der Waals surface area contributed by atoms with Gasteiger partial charge in [-0.1, -0.05) is 5.16 Å². The van der Waals surface area contributed by atoms with E-state index in [9.17, 15) is 0 Å². The van der Waals surface area contributed by atoms with Crippen molar-refractivity contribution in [3.8, 4) is 11.5 Å². The molecule has 2 N–H and O–H groups in total. The highest BCUT2D eigenvalue weighted by atomic mass is 16.5. The van der Waals surface area contributed by atoms with Crippen LogP contribution < -0.4 is 5.32 Å². The molecule has 1 aliphatic heterocycles. The molecule has 2 aromatic rings. The van der Waals surface area contributed by atoms with Crippen LogP contribution in [0, 0.1) is 0 Å². The first kappa shape index (κ1) is 13.1. The first-order valence-electron chi connectivity index (χ1n) is 6.77. The lowest BCUT2D eigenvalue weighted by Gasteiger charge is -2.04. The summed E-state index contributed by atoms with van der Waals surface area (Å²) in [6.07, 6.45) is 1.96. The molecular formula is C14H17N3O3. The van der Waals surface area contributed by atoms with Gasteiger partial charge in [0.25, 0.3) is 5.89 Å². The number of anilines is 1. The molecule has 1 unspecified atom stereocenters. The summed E-state index contributed by atoms with van der Waals surface area (Å²) >= 11 is 0. The number of hydrogen-bond acceptors (Lipinski definition) is 6. The Hall–Kier alpha value is -1.92. The van der Waals surface area contributed by atoms with Gasteiger partial charge in [-0.15, -0.1) is 0 Å². The third kappa shape index (κ3) is 2.81. The van der Waals surface area contributed by atoms with Crippen molar-refractivity contribution < 1.29 is 14.4 Å². The van der Waals surface area contributed by atoms with Gasteiger partial charge in [-0.25, -0.2) is 0 Å². The van der Waals surface area contributed by atoms with Gasteiger partial charge in [0.15, 0.2) is 0 Å². The van der Waals surface area contributed by atoms with Crippen molar-refractivity contribution in [2.45, 2.75) is 18.9 Å². The summed E-state index contributed by atoms with van der Waals surface area (Å²) in [5.74, 6) is 1.13. The number of rotatable bonds is 5. The van der Waals surface area contributed by atoms with Crippen LogP contribution >= 0.6 is 0 Å². The fourth-order valence-corrected chi connectivity index (χ4v) is 2.20. The van der Waals surface area contributed by atoms with Crippen molar-refractivity contribution in [3.63, 3.8) is 0 Å². The Balaban J connectivity index is 1.72. The van der Waals surface area contributed by atoms with Crippen LogP contribution in [0.3, 0.4) is 0 Å². The Bertz CT molecular complexity index is 547. The van der Waals surface area contributed by atoms with Gasteiger partial charge in [-0.3, -0.25) is 0 Å². The average Bonchev–Trinajstić information content (AvgIpc) is 3.16. The van der Waals surface area contributed by atoms with Gasteiger partial charge in [-0.2, -0.15) is 4.98 Å². The van der Waals surface area contributed by atoms with E-state index in [-0.39, 0.29) is 12.7 Å². The molecule has 0 radical (unpaired) electrons.